The van der Waals surface area contributed by atoms with Gasteiger partial charge in [0.1, 0.15) is 28.0 Å². The molecule has 0 aliphatic carbocycles. The number of methoxy groups -OCH3 is 1. The molecule has 0 radical (unpaired) electrons. The number of carbonyl (C=O) groups is 1. The number of halogens is 3. The van der Waals surface area contributed by atoms with Crippen molar-refractivity contribution in [1.82, 2.24) is 14.9 Å². The minimum Gasteiger partial charge on any atom is -0.480 e. The van der Waals surface area contributed by atoms with E-state index >= 15 is 0 Å². The highest BCUT2D eigenvalue weighted by atomic mass is 35.5. The molecule has 1 aliphatic heterocycles. The summed E-state index contributed by atoms with van der Waals surface area (Å²) in [6.07, 6.45) is 1.49. The molecule has 1 aliphatic rings. The number of nitrogen functional groups attached to an aromatic ring is 1. The van der Waals surface area contributed by atoms with Crippen molar-refractivity contribution in [2.45, 2.75) is 4.90 Å². The van der Waals surface area contributed by atoms with Crippen molar-refractivity contribution in [1.29, 1.82) is 0 Å². The molecule has 1 amide bonds. The number of ether oxygens (including phenoxy) is 2. The van der Waals surface area contributed by atoms with Gasteiger partial charge in [-0.25, -0.2) is 27.2 Å². The number of aromatic nitrogens is 2. The van der Waals surface area contributed by atoms with E-state index < -0.39 is 26.6 Å². The number of pyridine rings is 2. The van der Waals surface area contributed by atoms with Gasteiger partial charge in [0.15, 0.2) is 0 Å². The van der Waals surface area contributed by atoms with E-state index in [4.69, 9.17) is 26.8 Å². The third kappa shape index (κ3) is 6.16. The number of nitrogens with zero attached hydrogens (tertiary/aromatic N) is 3. The lowest BCUT2D eigenvalue weighted by atomic mass is 9.99. The van der Waals surface area contributed by atoms with Gasteiger partial charge in [0, 0.05) is 58.0 Å². The molecule has 3 heterocycles. The molecule has 0 bridgehead atoms. The molecule has 0 atom stereocenters. The lowest BCUT2D eigenvalue weighted by Crippen LogP contribution is -2.40. The maximum atomic E-state index is 14.3. The highest BCUT2D eigenvalue weighted by Crippen LogP contribution is 2.36. The number of benzene rings is 3. The van der Waals surface area contributed by atoms with E-state index in [0.717, 1.165) is 12.1 Å². The van der Waals surface area contributed by atoms with Crippen molar-refractivity contribution < 1.29 is 31.5 Å². The number of anilines is 2. The van der Waals surface area contributed by atoms with Crippen molar-refractivity contribution in [3.8, 4) is 28.1 Å². The molecular formula is C32H26ClF2N5O5S. The number of amides is 1. The number of morpholine rings is 1. The van der Waals surface area contributed by atoms with Gasteiger partial charge in [-0.05, 0) is 54.1 Å². The van der Waals surface area contributed by atoms with Gasteiger partial charge in [-0.3, -0.25) is 9.52 Å². The third-order valence-corrected chi connectivity index (χ3v) is 9.17. The van der Waals surface area contributed by atoms with E-state index in [-0.39, 0.29) is 23.3 Å². The van der Waals surface area contributed by atoms with Crippen molar-refractivity contribution in [2.75, 3.05) is 43.9 Å². The van der Waals surface area contributed by atoms with Gasteiger partial charge in [0.05, 0.1) is 25.8 Å². The van der Waals surface area contributed by atoms with E-state index in [2.05, 4.69) is 14.7 Å². The maximum Gasteiger partial charge on any atom is 0.264 e. The lowest BCUT2D eigenvalue weighted by Gasteiger charge is -2.27. The normalized spacial score (nSPS) is 13.5. The van der Waals surface area contributed by atoms with E-state index in [1.807, 2.05) is 12.1 Å². The van der Waals surface area contributed by atoms with Crippen molar-refractivity contribution in [3.05, 3.63) is 95.1 Å². The van der Waals surface area contributed by atoms with Crippen LogP contribution >= 0.6 is 11.6 Å². The summed E-state index contributed by atoms with van der Waals surface area (Å²) in [6, 6.07) is 15.8. The predicted molar refractivity (Wildman–Crippen MR) is 170 cm³/mol. The number of hydrogen-bond donors (Lipinski definition) is 2. The Morgan fingerprint density at radius 1 is 1.00 bits per heavy atom. The van der Waals surface area contributed by atoms with Crippen LogP contribution < -0.4 is 15.2 Å². The molecule has 14 heteroatoms. The summed E-state index contributed by atoms with van der Waals surface area (Å²) in [5.74, 6) is -2.11. The molecule has 6 rings (SSSR count). The number of carbonyl (C=O) groups excluding carboxylic acids is 1. The standard InChI is InChI=1S/C32H26ClF2N5O5S/c1-44-31-28(39-46(42,43)29-7-4-22(34)16-26(29)35)15-21(17-37-31)18-3-6-27-20(12-18)13-24(30(36)38-27)23-5-2-19(14-25(23)33)32(41)40-8-10-45-11-9-40/h2-7,12-17,39H,8-11H2,1H3,(H2,36,38). The van der Waals surface area contributed by atoms with Gasteiger partial charge in [-0.1, -0.05) is 23.7 Å². The highest BCUT2D eigenvalue weighted by molar-refractivity contribution is 7.92. The second-order valence-corrected chi connectivity index (χ2v) is 12.4. The Morgan fingerprint density at radius 3 is 2.50 bits per heavy atom. The van der Waals surface area contributed by atoms with Crippen molar-refractivity contribution >= 4 is 49.9 Å². The molecule has 3 aromatic carbocycles. The van der Waals surface area contributed by atoms with Gasteiger partial charge in [0.2, 0.25) is 5.88 Å². The zero-order chi connectivity index (χ0) is 32.6. The summed E-state index contributed by atoms with van der Waals surface area (Å²) in [6.45, 7) is 1.98. The number of nitrogens with two attached hydrogens (primary N) is 1. The van der Waals surface area contributed by atoms with Crippen LogP contribution in [-0.4, -0.2) is 62.6 Å². The van der Waals surface area contributed by atoms with Crippen LogP contribution in [0, 0.1) is 11.6 Å². The monoisotopic (exact) mass is 665 g/mol. The minimum atomic E-state index is -4.46. The molecule has 0 unspecified atom stereocenters. The molecule has 10 nitrogen and oxygen atoms in total. The SMILES string of the molecule is COc1ncc(-c2ccc3nc(N)c(-c4ccc(C(=O)N5CCOCC5)cc4Cl)cc3c2)cc1NS(=O)(=O)c1ccc(F)cc1F. The largest absolute Gasteiger partial charge is 0.480 e. The fraction of sp³-hybridized carbons (Fsp3) is 0.156. The van der Waals surface area contributed by atoms with Crippen LogP contribution in [0.3, 0.4) is 0 Å². The first-order valence-electron chi connectivity index (χ1n) is 13.9. The number of rotatable bonds is 7. The highest BCUT2D eigenvalue weighted by Gasteiger charge is 2.23. The summed E-state index contributed by atoms with van der Waals surface area (Å²) in [5, 5.41) is 1.02. The Morgan fingerprint density at radius 2 is 1.78 bits per heavy atom. The zero-order valence-electron chi connectivity index (χ0n) is 24.3. The van der Waals surface area contributed by atoms with Crippen LogP contribution in [0.4, 0.5) is 20.3 Å². The molecular weight excluding hydrogens is 640 g/mol. The predicted octanol–water partition coefficient (Wildman–Crippen LogP) is 5.76. The second kappa shape index (κ2) is 12.5. The summed E-state index contributed by atoms with van der Waals surface area (Å²) < 4.78 is 66.5. The van der Waals surface area contributed by atoms with Crippen molar-refractivity contribution in [2.24, 2.45) is 0 Å². The molecule has 2 aromatic heterocycles. The average Bonchev–Trinajstić information content (AvgIpc) is 3.04. The van der Waals surface area contributed by atoms with Crippen LogP contribution in [0.1, 0.15) is 10.4 Å². The first-order valence-corrected chi connectivity index (χ1v) is 15.8. The molecule has 1 saturated heterocycles. The number of fused-ring (bicyclic) bond motifs is 1. The summed E-state index contributed by atoms with van der Waals surface area (Å²) in [5.41, 5.74) is 9.61. The van der Waals surface area contributed by atoms with Gasteiger partial charge in [-0.15, -0.1) is 0 Å². The van der Waals surface area contributed by atoms with Gasteiger partial charge >= 0.3 is 0 Å². The molecule has 236 valence electrons. The van der Waals surface area contributed by atoms with Crippen molar-refractivity contribution in [3.63, 3.8) is 0 Å². The number of sulfonamides is 1. The van der Waals surface area contributed by atoms with Crippen LogP contribution in [0.25, 0.3) is 33.2 Å². The Hall–Kier alpha value is -4.85. The second-order valence-electron chi connectivity index (χ2n) is 10.4. The Bertz CT molecular complexity index is 2110. The van der Waals surface area contributed by atoms with Crippen LogP contribution in [0.15, 0.2) is 77.8 Å². The first kappa shape index (κ1) is 31.1. The van der Waals surface area contributed by atoms with Gasteiger partial charge < -0.3 is 20.1 Å². The molecule has 0 spiro atoms. The van der Waals surface area contributed by atoms with Crippen LogP contribution in [0.2, 0.25) is 5.02 Å². The molecule has 3 N–H and O–H groups in total. The zero-order valence-corrected chi connectivity index (χ0v) is 25.8. The molecule has 5 aromatic rings. The van der Waals surface area contributed by atoms with E-state index in [9.17, 15) is 22.0 Å². The van der Waals surface area contributed by atoms with E-state index in [1.54, 1.807) is 35.2 Å². The van der Waals surface area contributed by atoms with Gasteiger partial charge in [0.25, 0.3) is 15.9 Å². The summed E-state index contributed by atoms with van der Waals surface area (Å²) >= 11 is 6.66. The van der Waals surface area contributed by atoms with Gasteiger partial charge in [-0.2, -0.15) is 0 Å². The molecule has 46 heavy (non-hydrogen) atoms. The molecule has 1 fully saturated rings. The lowest BCUT2D eigenvalue weighted by molar-refractivity contribution is 0.0303. The maximum absolute atomic E-state index is 14.3. The Labute approximate surface area is 267 Å². The molecule has 0 saturated carbocycles. The fourth-order valence-electron chi connectivity index (χ4n) is 5.14. The topological polar surface area (TPSA) is 137 Å². The average molecular weight is 666 g/mol. The number of hydrogen-bond acceptors (Lipinski definition) is 8. The third-order valence-electron chi connectivity index (χ3n) is 7.45. The Kier molecular flexibility index (Phi) is 8.47. The Balaban J connectivity index is 1.33. The first-order chi connectivity index (χ1) is 22.0. The van der Waals surface area contributed by atoms with Crippen LogP contribution in [-0.2, 0) is 14.8 Å². The van der Waals surface area contributed by atoms with E-state index in [1.165, 1.54) is 19.4 Å². The smallest absolute Gasteiger partial charge is 0.264 e. The quantitative estimate of drug-likeness (QED) is 0.224. The minimum absolute atomic E-state index is 0.0570. The fourth-order valence-corrected chi connectivity index (χ4v) is 6.53. The van der Waals surface area contributed by atoms with E-state index in [0.29, 0.717) is 76.1 Å². The number of nitrogens with one attached hydrogen (secondary N) is 1. The summed E-state index contributed by atoms with van der Waals surface area (Å²) in [7, 11) is -3.16. The summed E-state index contributed by atoms with van der Waals surface area (Å²) in [4.78, 5) is 22.7. The van der Waals surface area contributed by atoms with Crippen LogP contribution in [0.5, 0.6) is 5.88 Å².